The smallest absolute Gasteiger partial charge is 0.128 e. The van der Waals surface area contributed by atoms with E-state index >= 15 is 0 Å². The first-order valence-corrected chi connectivity index (χ1v) is 5.47. The van der Waals surface area contributed by atoms with Crippen molar-refractivity contribution in [2.24, 2.45) is 0 Å². The summed E-state index contributed by atoms with van der Waals surface area (Å²) in [5.74, 6) is 0.667. The molecule has 84 valence electrons. The Bertz CT molecular complexity index is 587. The molecule has 0 saturated carbocycles. The third-order valence-electron chi connectivity index (χ3n) is 2.51. The Kier molecular flexibility index (Phi) is 3.32. The molecule has 0 heterocycles. The molecule has 0 fully saturated rings. The molecule has 2 aromatic rings. The Morgan fingerprint density at radius 2 is 1.88 bits per heavy atom. The van der Waals surface area contributed by atoms with E-state index in [0.717, 1.165) is 11.1 Å². The maximum absolute atomic E-state index is 9.10. The van der Waals surface area contributed by atoms with E-state index in [1.54, 1.807) is 19.2 Å². The van der Waals surface area contributed by atoms with Crippen LogP contribution in [0.1, 0.15) is 5.56 Å². The lowest BCUT2D eigenvalue weighted by molar-refractivity contribution is 0.416. The molecule has 0 aliphatic rings. The number of benzene rings is 2. The monoisotopic (exact) mass is 243 g/mol. The van der Waals surface area contributed by atoms with Gasteiger partial charge in [0.15, 0.2) is 0 Å². The number of nitrogens with zero attached hydrogens (tertiary/aromatic N) is 1. The number of methoxy groups -OCH3 is 1. The zero-order chi connectivity index (χ0) is 12.3. The Hall–Kier alpha value is -1.98. The first-order valence-electron chi connectivity index (χ1n) is 5.10. The van der Waals surface area contributed by atoms with Crippen LogP contribution < -0.4 is 4.74 Å². The molecule has 0 amide bonds. The van der Waals surface area contributed by atoms with Crippen LogP contribution in [0.5, 0.6) is 5.75 Å². The Balaban J connectivity index is 2.73. The normalized spacial score (nSPS) is 9.71. The van der Waals surface area contributed by atoms with Crippen LogP contribution in [0.3, 0.4) is 0 Å². The van der Waals surface area contributed by atoms with Gasteiger partial charge in [-0.3, -0.25) is 0 Å². The van der Waals surface area contributed by atoms with Crippen molar-refractivity contribution < 1.29 is 4.74 Å². The quantitative estimate of drug-likeness (QED) is 0.802. The van der Waals surface area contributed by atoms with Crippen molar-refractivity contribution in [3.05, 3.63) is 53.1 Å². The van der Waals surface area contributed by atoms with E-state index < -0.39 is 0 Å². The van der Waals surface area contributed by atoms with Gasteiger partial charge in [0.05, 0.1) is 23.8 Å². The molecule has 2 nitrogen and oxygen atoms in total. The molecule has 0 saturated heterocycles. The lowest BCUT2D eigenvalue weighted by Gasteiger charge is -2.11. The SMILES string of the molecule is COc1cccc(Cl)c1-c1ccccc1C#N. The van der Waals surface area contributed by atoms with Gasteiger partial charge in [-0.05, 0) is 18.2 Å². The molecule has 0 bridgehead atoms. The van der Waals surface area contributed by atoms with E-state index in [2.05, 4.69) is 6.07 Å². The minimum Gasteiger partial charge on any atom is -0.496 e. The number of ether oxygens (including phenoxy) is 1. The van der Waals surface area contributed by atoms with Crippen LogP contribution in [0.25, 0.3) is 11.1 Å². The summed E-state index contributed by atoms with van der Waals surface area (Å²) < 4.78 is 5.29. The summed E-state index contributed by atoms with van der Waals surface area (Å²) in [7, 11) is 1.59. The van der Waals surface area contributed by atoms with E-state index in [1.807, 2.05) is 30.3 Å². The number of nitriles is 1. The zero-order valence-electron chi connectivity index (χ0n) is 9.27. The predicted octanol–water partition coefficient (Wildman–Crippen LogP) is 3.89. The lowest BCUT2D eigenvalue weighted by Crippen LogP contribution is -1.91. The molecule has 2 aromatic carbocycles. The Morgan fingerprint density at radius 1 is 1.12 bits per heavy atom. The van der Waals surface area contributed by atoms with Crippen molar-refractivity contribution in [1.82, 2.24) is 0 Å². The summed E-state index contributed by atoms with van der Waals surface area (Å²) in [6.07, 6.45) is 0. The van der Waals surface area contributed by atoms with Crippen molar-refractivity contribution in [3.8, 4) is 22.9 Å². The summed E-state index contributed by atoms with van der Waals surface area (Å²) in [6, 6.07) is 14.9. The van der Waals surface area contributed by atoms with Gasteiger partial charge in [-0.25, -0.2) is 0 Å². The van der Waals surface area contributed by atoms with Crippen molar-refractivity contribution in [2.75, 3.05) is 7.11 Å². The maximum Gasteiger partial charge on any atom is 0.128 e. The van der Waals surface area contributed by atoms with Crippen molar-refractivity contribution in [2.45, 2.75) is 0 Å². The van der Waals surface area contributed by atoms with Gasteiger partial charge < -0.3 is 4.74 Å². The fourth-order valence-electron chi connectivity index (χ4n) is 1.73. The third-order valence-corrected chi connectivity index (χ3v) is 2.83. The largest absolute Gasteiger partial charge is 0.496 e. The second kappa shape index (κ2) is 4.90. The number of hydrogen-bond acceptors (Lipinski definition) is 2. The number of rotatable bonds is 2. The van der Waals surface area contributed by atoms with Crippen molar-refractivity contribution >= 4 is 11.6 Å². The molecule has 17 heavy (non-hydrogen) atoms. The molecule has 0 aromatic heterocycles. The fourth-order valence-corrected chi connectivity index (χ4v) is 2.00. The van der Waals surface area contributed by atoms with Crippen LogP contribution in [0.4, 0.5) is 0 Å². The average Bonchev–Trinajstić information content (AvgIpc) is 2.38. The number of halogens is 1. The summed E-state index contributed by atoms with van der Waals surface area (Å²) in [5, 5.41) is 9.68. The van der Waals surface area contributed by atoms with E-state index in [1.165, 1.54) is 0 Å². The summed E-state index contributed by atoms with van der Waals surface area (Å²) >= 11 is 6.18. The molecule has 0 radical (unpaired) electrons. The van der Waals surface area contributed by atoms with Crippen molar-refractivity contribution in [3.63, 3.8) is 0 Å². The highest BCUT2D eigenvalue weighted by molar-refractivity contribution is 6.33. The first kappa shape index (κ1) is 11.5. The standard InChI is InChI=1S/C14H10ClNO/c1-17-13-8-4-7-12(15)14(13)11-6-3-2-5-10(11)9-16/h2-8H,1H3. The van der Waals surface area contributed by atoms with Crippen LogP contribution in [0.15, 0.2) is 42.5 Å². The van der Waals surface area contributed by atoms with Crippen LogP contribution in [0.2, 0.25) is 5.02 Å². The minimum absolute atomic E-state index is 0.576. The summed E-state index contributed by atoms with van der Waals surface area (Å²) in [6.45, 7) is 0. The molecule has 0 spiro atoms. The molecule has 3 heteroatoms. The molecule has 0 N–H and O–H groups in total. The van der Waals surface area contributed by atoms with Crippen LogP contribution >= 0.6 is 11.6 Å². The van der Waals surface area contributed by atoms with Gasteiger partial charge in [-0.1, -0.05) is 35.9 Å². The second-order valence-electron chi connectivity index (χ2n) is 3.47. The lowest BCUT2D eigenvalue weighted by atomic mass is 9.99. The van der Waals surface area contributed by atoms with E-state index in [0.29, 0.717) is 16.3 Å². The highest BCUT2D eigenvalue weighted by Crippen LogP contribution is 2.37. The molecular formula is C14H10ClNO. The predicted molar refractivity (Wildman–Crippen MR) is 68.2 cm³/mol. The summed E-state index contributed by atoms with van der Waals surface area (Å²) in [4.78, 5) is 0. The van der Waals surface area contributed by atoms with Gasteiger partial charge in [0.1, 0.15) is 5.75 Å². The second-order valence-corrected chi connectivity index (χ2v) is 3.88. The van der Waals surface area contributed by atoms with Crippen LogP contribution in [-0.2, 0) is 0 Å². The van der Waals surface area contributed by atoms with Crippen molar-refractivity contribution in [1.29, 1.82) is 5.26 Å². The van der Waals surface area contributed by atoms with Crippen LogP contribution in [0, 0.1) is 11.3 Å². The van der Waals surface area contributed by atoms with Gasteiger partial charge in [-0.2, -0.15) is 5.26 Å². The van der Waals surface area contributed by atoms with Gasteiger partial charge >= 0.3 is 0 Å². The van der Waals surface area contributed by atoms with Gasteiger partial charge in [0, 0.05) is 11.1 Å². The molecule has 0 unspecified atom stereocenters. The number of hydrogen-bond donors (Lipinski definition) is 0. The summed E-state index contributed by atoms with van der Waals surface area (Å²) in [5.41, 5.74) is 2.13. The molecule has 0 aliphatic heterocycles. The minimum atomic E-state index is 0.576. The first-order chi connectivity index (χ1) is 8.27. The average molecular weight is 244 g/mol. The highest BCUT2D eigenvalue weighted by Gasteiger charge is 2.13. The van der Waals surface area contributed by atoms with Gasteiger partial charge in [-0.15, -0.1) is 0 Å². The van der Waals surface area contributed by atoms with Crippen LogP contribution in [-0.4, -0.2) is 7.11 Å². The Labute approximate surface area is 105 Å². The van der Waals surface area contributed by atoms with E-state index in [4.69, 9.17) is 21.6 Å². The van der Waals surface area contributed by atoms with Gasteiger partial charge in [0.25, 0.3) is 0 Å². The maximum atomic E-state index is 9.10. The zero-order valence-corrected chi connectivity index (χ0v) is 10.0. The highest BCUT2D eigenvalue weighted by atomic mass is 35.5. The van der Waals surface area contributed by atoms with Gasteiger partial charge in [0.2, 0.25) is 0 Å². The fraction of sp³-hybridized carbons (Fsp3) is 0.0714. The van der Waals surface area contributed by atoms with E-state index in [9.17, 15) is 0 Å². The topological polar surface area (TPSA) is 33.0 Å². The van der Waals surface area contributed by atoms with E-state index in [-0.39, 0.29) is 0 Å². The molecular weight excluding hydrogens is 234 g/mol. The molecule has 2 rings (SSSR count). The molecule has 0 aliphatic carbocycles. The third kappa shape index (κ3) is 2.11. The Morgan fingerprint density at radius 3 is 2.59 bits per heavy atom. The molecule has 0 atom stereocenters.